The average molecular weight is 654 g/mol. The zero-order valence-corrected chi connectivity index (χ0v) is 28.6. The van der Waals surface area contributed by atoms with Gasteiger partial charge in [-0.25, -0.2) is 0 Å². The van der Waals surface area contributed by atoms with Gasteiger partial charge in [-0.2, -0.15) is 0 Å². The van der Waals surface area contributed by atoms with E-state index in [0.717, 1.165) is 50.1 Å². The summed E-state index contributed by atoms with van der Waals surface area (Å²) in [4.78, 5) is 2.41. The van der Waals surface area contributed by atoms with Crippen LogP contribution in [0.2, 0.25) is 0 Å². The second-order valence-electron chi connectivity index (χ2n) is 14.1. The first-order chi connectivity index (χ1) is 25.1. The van der Waals surface area contributed by atoms with Gasteiger partial charge in [-0.05, 0) is 74.7 Å². The molecule has 0 N–H and O–H groups in total. The molecule has 51 heavy (non-hydrogen) atoms. The minimum atomic E-state index is -0.0742. The van der Waals surface area contributed by atoms with E-state index in [-0.39, 0.29) is 5.41 Å². The van der Waals surface area contributed by atoms with Crippen molar-refractivity contribution in [3.8, 4) is 33.4 Å². The van der Waals surface area contributed by atoms with Gasteiger partial charge in [0.15, 0.2) is 5.58 Å². The highest BCUT2D eigenvalue weighted by atomic mass is 16.3. The van der Waals surface area contributed by atoms with Crippen molar-refractivity contribution in [1.29, 1.82) is 0 Å². The molecule has 2 heteroatoms. The van der Waals surface area contributed by atoms with Crippen molar-refractivity contribution in [2.24, 2.45) is 0 Å². The molecule has 0 fully saturated rings. The molecular weight excluding hydrogens is 619 g/mol. The molecule has 0 amide bonds. The van der Waals surface area contributed by atoms with Gasteiger partial charge >= 0.3 is 0 Å². The van der Waals surface area contributed by atoms with E-state index in [1.54, 1.807) is 0 Å². The molecule has 0 saturated carbocycles. The number of nitrogens with zero attached hydrogens (tertiary/aromatic N) is 1. The molecule has 1 aliphatic rings. The lowest BCUT2D eigenvalue weighted by Crippen LogP contribution is -2.15. The average Bonchev–Trinajstić information content (AvgIpc) is 3.68. The maximum atomic E-state index is 7.02. The van der Waals surface area contributed by atoms with E-state index in [1.807, 2.05) is 0 Å². The third kappa shape index (κ3) is 4.57. The van der Waals surface area contributed by atoms with Gasteiger partial charge in [0.25, 0.3) is 0 Å². The minimum Gasteiger partial charge on any atom is -0.453 e. The summed E-state index contributed by atoms with van der Waals surface area (Å²) < 4.78 is 7.02. The first-order valence-electron chi connectivity index (χ1n) is 17.7. The van der Waals surface area contributed by atoms with Crippen LogP contribution in [0.5, 0.6) is 0 Å². The van der Waals surface area contributed by atoms with Crippen LogP contribution in [0.1, 0.15) is 25.0 Å². The standard InChI is InChI=1S/C49H35NO/c1-49(2)43-23-10-9-19-39(43)42-31-36(27-29-44(42)49)50(45-24-11-18-35-30-34(26-28-37(35)45)32-14-5-3-6-15-32)46-25-13-22-41-40-21-12-20-38(47(40)51-48(41)46)33-16-7-4-8-17-33/h3-31H,1-2H3. The Labute approximate surface area is 297 Å². The van der Waals surface area contributed by atoms with Gasteiger partial charge in [-0.15, -0.1) is 0 Å². The molecule has 0 atom stereocenters. The number of anilines is 3. The Bertz CT molecular complexity index is 2770. The summed E-state index contributed by atoms with van der Waals surface area (Å²) in [5.41, 5.74) is 14.9. The normalized spacial score (nSPS) is 13.1. The quantitative estimate of drug-likeness (QED) is 0.184. The summed E-state index contributed by atoms with van der Waals surface area (Å²) in [5.74, 6) is 0. The highest BCUT2D eigenvalue weighted by Crippen LogP contribution is 2.52. The van der Waals surface area contributed by atoms with Crippen molar-refractivity contribution in [3.05, 3.63) is 187 Å². The van der Waals surface area contributed by atoms with Gasteiger partial charge in [0.2, 0.25) is 0 Å². The number of benzene rings is 8. The summed E-state index contributed by atoms with van der Waals surface area (Å²) in [6, 6.07) is 63.5. The van der Waals surface area contributed by atoms with Crippen LogP contribution in [0.3, 0.4) is 0 Å². The Morgan fingerprint density at radius 1 is 0.412 bits per heavy atom. The highest BCUT2D eigenvalue weighted by Gasteiger charge is 2.36. The van der Waals surface area contributed by atoms with Crippen molar-refractivity contribution in [2.75, 3.05) is 4.90 Å². The summed E-state index contributed by atoms with van der Waals surface area (Å²) in [7, 11) is 0. The fourth-order valence-electron chi connectivity index (χ4n) is 8.35. The van der Waals surface area contributed by atoms with E-state index in [4.69, 9.17) is 4.42 Å². The monoisotopic (exact) mass is 653 g/mol. The molecule has 9 aromatic rings. The Morgan fingerprint density at radius 2 is 1.06 bits per heavy atom. The van der Waals surface area contributed by atoms with Gasteiger partial charge in [0.05, 0.1) is 11.4 Å². The maximum absolute atomic E-state index is 7.02. The molecule has 0 unspecified atom stereocenters. The van der Waals surface area contributed by atoms with Crippen LogP contribution in [0.25, 0.3) is 66.1 Å². The molecule has 242 valence electrons. The Kier molecular flexibility index (Phi) is 6.56. The van der Waals surface area contributed by atoms with E-state index in [0.29, 0.717) is 0 Å². The molecule has 0 aliphatic heterocycles. The molecule has 0 spiro atoms. The number of hydrogen-bond acceptors (Lipinski definition) is 2. The van der Waals surface area contributed by atoms with Crippen LogP contribution in [0.15, 0.2) is 180 Å². The van der Waals surface area contributed by atoms with Crippen molar-refractivity contribution >= 4 is 49.8 Å². The van der Waals surface area contributed by atoms with E-state index in [2.05, 4.69) is 195 Å². The smallest absolute Gasteiger partial charge is 0.159 e. The lowest BCUT2D eigenvalue weighted by molar-refractivity contribution is 0.660. The van der Waals surface area contributed by atoms with Crippen LogP contribution >= 0.6 is 0 Å². The summed E-state index contributed by atoms with van der Waals surface area (Å²) in [6.45, 7) is 4.67. The molecule has 10 rings (SSSR count). The summed E-state index contributed by atoms with van der Waals surface area (Å²) in [6.07, 6.45) is 0. The molecule has 1 aliphatic carbocycles. The second kappa shape index (κ2) is 11.3. The Morgan fingerprint density at radius 3 is 1.88 bits per heavy atom. The molecular formula is C49H35NO. The third-order valence-electron chi connectivity index (χ3n) is 10.9. The predicted molar refractivity (Wildman–Crippen MR) is 214 cm³/mol. The molecule has 0 bridgehead atoms. The fraction of sp³-hybridized carbons (Fsp3) is 0.0612. The lowest BCUT2D eigenvalue weighted by atomic mass is 9.82. The predicted octanol–water partition coefficient (Wildman–Crippen LogP) is 13.8. The van der Waals surface area contributed by atoms with Crippen molar-refractivity contribution in [3.63, 3.8) is 0 Å². The molecule has 1 heterocycles. The van der Waals surface area contributed by atoms with Crippen LogP contribution in [0.4, 0.5) is 17.1 Å². The zero-order valence-electron chi connectivity index (χ0n) is 28.6. The van der Waals surface area contributed by atoms with Crippen LogP contribution in [-0.4, -0.2) is 0 Å². The number of rotatable bonds is 5. The first-order valence-corrected chi connectivity index (χ1v) is 17.7. The zero-order chi connectivity index (χ0) is 34.1. The van der Waals surface area contributed by atoms with Gasteiger partial charge in [-0.1, -0.05) is 159 Å². The fourth-order valence-corrected chi connectivity index (χ4v) is 8.35. The van der Waals surface area contributed by atoms with E-state index < -0.39 is 0 Å². The maximum Gasteiger partial charge on any atom is 0.159 e. The molecule has 0 saturated heterocycles. The highest BCUT2D eigenvalue weighted by molar-refractivity contribution is 6.14. The second-order valence-corrected chi connectivity index (χ2v) is 14.1. The summed E-state index contributed by atoms with van der Waals surface area (Å²) in [5, 5.41) is 4.58. The van der Waals surface area contributed by atoms with E-state index in [1.165, 1.54) is 44.2 Å². The molecule has 2 nitrogen and oxygen atoms in total. The Hall–Kier alpha value is -6.38. The van der Waals surface area contributed by atoms with E-state index in [9.17, 15) is 0 Å². The topological polar surface area (TPSA) is 16.4 Å². The first kappa shape index (κ1) is 29.5. The number of furan rings is 1. The van der Waals surface area contributed by atoms with Crippen molar-refractivity contribution in [1.82, 2.24) is 0 Å². The van der Waals surface area contributed by atoms with Crippen LogP contribution < -0.4 is 4.90 Å². The molecule has 1 aromatic heterocycles. The Balaban J connectivity index is 1.24. The SMILES string of the molecule is CC1(C)c2ccccc2-c2cc(N(c3cccc4cc(-c5ccccc5)ccc34)c3cccc4c3oc3c(-c5ccccc5)cccc34)ccc21. The summed E-state index contributed by atoms with van der Waals surface area (Å²) >= 11 is 0. The number of fused-ring (bicyclic) bond motifs is 7. The van der Waals surface area contributed by atoms with E-state index >= 15 is 0 Å². The van der Waals surface area contributed by atoms with Crippen LogP contribution in [0, 0.1) is 0 Å². The van der Waals surface area contributed by atoms with Gasteiger partial charge in [-0.3, -0.25) is 0 Å². The third-order valence-corrected chi connectivity index (χ3v) is 10.9. The number of para-hydroxylation sites is 2. The molecule has 8 aromatic carbocycles. The largest absolute Gasteiger partial charge is 0.453 e. The van der Waals surface area contributed by atoms with Crippen LogP contribution in [-0.2, 0) is 5.41 Å². The molecule has 0 radical (unpaired) electrons. The number of hydrogen-bond donors (Lipinski definition) is 0. The lowest BCUT2D eigenvalue weighted by Gasteiger charge is -2.28. The van der Waals surface area contributed by atoms with Gasteiger partial charge < -0.3 is 9.32 Å². The van der Waals surface area contributed by atoms with Gasteiger partial charge in [0, 0.05) is 32.8 Å². The van der Waals surface area contributed by atoms with Gasteiger partial charge in [0.1, 0.15) is 5.58 Å². The van der Waals surface area contributed by atoms with Crippen molar-refractivity contribution < 1.29 is 4.42 Å². The minimum absolute atomic E-state index is 0.0742. The van der Waals surface area contributed by atoms with Crippen molar-refractivity contribution in [2.45, 2.75) is 19.3 Å².